The maximum Gasteiger partial charge on any atom is 0.248 e. The normalized spacial score (nSPS) is 16.0. The van der Waals surface area contributed by atoms with Crippen molar-refractivity contribution in [3.8, 4) is 22.9 Å². The van der Waals surface area contributed by atoms with E-state index in [1.165, 1.54) is 11.8 Å². The quantitative estimate of drug-likeness (QED) is 0.386. The van der Waals surface area contributed by atoms with Crippen molar-refractivity contribution in [2.24, 2.45) is 0 Å². The highest BCUT2D eigenvalue weighted by Crippen LogP contribution is 2.43. The third-order valence-electron chi connectivity index (χ3n) is 6.72. The molecule has 3 aromatic carbocycles. The van der Waals surface area contributed by atoms with Crippen molar-refractivity contribution >= 4 is 29.3 Å². The number of benzene rings is 3. The largest absolute Gasteiger partial charge is 0.496 e. The van der Waals surface area contributed by atoms with Crippen LogP contribution in [0.4, 0.5) is 5.69 Å². The van der Waals surface area contributed by atoms with Crippen LogP contribution in [0.15, 0.2) is 77.8 Å². The van der Waals surface area contributed by atoms with Gasteiger partial charge >= 0.3 is 0 Å². The summed E-state index contributed by atoms with van der Waals surface area (Å²) < 4.78 is 18.3. The molecule has 1 N–H and O–H groups in total. The van der Waals surface area contributed by atoms with Crippen molar-refractivity contribution in [1.82, 2.24) is 15.1 Å². The predicted octanol–water partition coefficient (Wildman–Crippen LogP) is 4.41. The van der Waals surface area contributed by atoms with Gasteiger partial charge in [0.25, 0.3) is 0 Å². The minimum Gasteiger partial charge on any atom is -0.496 e. The maximum atomic E-state index is 14.1. The molecule has 10 heteroatoms. The second-order valence-corrected chi connectivity index (χ2v) is 10.0. The molecule has 1 atom stereocenters. The third kappa shape index (κ3) is 4.57. The second kappa shape index (κ2) is 10.4. The molecule has 39 heavy (non-hydrogen) atoms. The third-order valence-corrected chi connectivity index (χ3v) is 7.78. The summed E-state index contributed by atoms with van der Waals surface area (Å²) in [5, 5.41) is 8.61. The topological polar surface area (TPSA) is 94.9 Å². The van der Waals surface area contributed by atoms with Gasteiger partial charge in [-0.15, -0.1) is 0 Å². The number of ether oxygens (including phenoxy) is 3. The van der Waals surface area contributed by atoms with E-state index in [0.717, 1.165) is 16.3 Å². The van der Waals surface area contributed by atoms with Gasteiger partial charge in [0.15, 0.2) is 11.5 Å². The summed E-state index contributed by atoms with van der Waals surface area (Å²) in [4.78, 5) is 29.4. The number of anilines is 1. The van der Waals surface area contributed by atoms with Gasteiger partial charge in [-0.25, -0.2) is 4.68 Å². The van der Waals surface area contributed by atoms with Gasteiger partial charge in [-0.3, -0.25) is 14.5 Å². The van der Waals surface area contributed by atoms with Crippen LogP contribution >= 0.6 is 11.8 Å². The smallest absolute Gasteiger partial charge is 0.248 e. The van der Waals surface area contributed by atoms with Crippen molar-refractivity contribution in [1.29, 1.82) is 0 Å². The first kappa shape index (κ1) is 24.9. The Balaban J connectivity index is 1.45. The van der Waals surface area contributed by atoms with E-state index in [9.17, 15) is 9.59 Å². The number of thioether (sulfide) groups is 1. The van der Waals surface area contributed by atoms with Crippen molar-refractivity contribution in [2.75, 3.05) is 24.6 Å². The van der Waals surface area contributed by atoms with Gasteiger partial charge < -0.3 is 19.5 Å². The van der Waals surface area contributed by atoms with Gasteiger partial charge in [0.1, 0.15) is 16.8 Å². The molecule has 0 unspecified atom stereocenters. The Labute approximate surface area is 229 Å². The van der Waals surface area contributed by atoms with E-state index in [4.69, 9.17) is 19.3 Å². The Morgan fingerprint density at radius 3 is 2.64 bits per heavy atom. The van der Waals surface area contributed by atoms with E-state index in [-0.39, 0.29) is 30.9 Å². The van der Waals surface area contributed by atoms with E-state index in [0.29, 0.717) is 34.2 Å². The fourth-order valence-electron chi connectivity index (χ4n) is 4.89. The molecule has 0 saturated carbocycles. The number of hydrogen-bond acceptors (Lipinski definition) is 7. The monoisotopic (exact) mass is 542 g/mol. The zero-order valence-electron chi connectivity index (χ0n) is 21.4. The van der Waals surface area contributed by atoms with Crippen LogP contribution in [-0.2, 0) is 16.1 Å². The zero-order valence-corrected chi connectivity index (χ0v) is 22.2. The molecule has 0 bridgehead atoms. The molecule has 2 aliphatic heterocycles. The highest BCUT2D eigenvalue weighted by atomic mass is 32.2. The summed E-state index contributed by atoms with van der Waals surface area (Å²) >= 11 is 1.38. The van der Waals surface area contributed by atoms with E-state index in [2.05, 4.69) is 5.32 Å². The molecule has 3 heterocycles. The Hall–Kier alpha value is -4.44. The summed E-state index contributed by atoms with van der Waals surface area (Å²) in [6.45, 7) is 2.21. The minimum atomic E-state index is -0.963. The van der Waals surface area contributed by atoms with Crippen LogP contribution < -0.4 is 24.4 Å². The number of methoxy groups -OCH3 is 1. The molecular formula is C29H26N4O5S. The van der Waals surface area contributed by atoms with Crippen molar-refractivity contribution in [3.05, 3.63) is 89.6 Å². The Kier molecular flexibility index (Phi) is 6.62. The highest BCUT2D eigenvalue weighted by molar-refractivity contribution is 8.00. The van der Waals surface area contributed by atoms with Crippen molar-refractivity contribution in [3.63, 3.8) is 0 Å². The number of carbonyl (C=O) groups is 2. The van der Waals surface area contributed by atoms with Gasteiger partial charge in [-0.1, -0.05) is 48.2 Å². The van der Waals surface area contributed by atoms with Crippen LogP contribution in [0.3, 0.4) is 0 Å². The minimum absolute atomic E-state index is 0.110. The highest BCUT2D eigenvalue weighted by Gasteiger charge is 2.41. The summed E-state index contributed by atoms with van der Waals surface area (Å²) in [6, 6.07) is 21.5. The molecule has 0 aliphatic carbocycles. The molecule has 0 spiro atoms. The van der Waals surface area contributed by atoms with Gasteiger partial charge in [-0.05, 0) is 37.3 Å². The lowest BCUT2D eigenvalue weighted by atomic mass is 10.0. The molecule has 9 nitrogen and oxygen atoms in total. The van der Waals surface area contributed by atoms with Crippen LogP contribution in [0.2, 0.25) is 0 Å². The first-order valence-corrected chi connectivity index (χ1v) is 13.4. The predicted molar refractivity (Wildman–Crippen MR) is 147 cm³/mol. The molecule has 0 fully saturated rings. The number of amides is 2. The van der Waals surface area contributed by atoms with Crippen LogP contribution in [-0.4, -0.2) is 41.3 Å². The van der Waals surface area contributed by atoms with Gasteiger partial charge in [0, 0.05) is 29.4 Å². The maximum absolute atomic E-state index is 14.1. The number of para-hydroxylation sites is 2. The summed E-state index contributed by atoms with van der Waals surface area (Å²) in [6.07, 6.45) is 0. The molecule has 2 amide bonds. The summed E-state index contributed by atoms with van der Waals surface area (Å²) in [5.74, 6) is 1.41. The number of fused-ring (bicyclic) bond motifs is 2. The van der Waals surface area contributed by atoms with Gasteiger partial charge in [0.05, 0.1) is 24.2 Å². The molecule has 0 saturated heterocycles. The number of hydrogen-bond donors (Lipinski definition) is 1. The first-order valence-electron chi connectivity index (χ1n) is 12.4. The fourth-order valence-corrected chi connectivity index (χ4v) is 5.98. The fraction of sp³-hybridized carbons (Fsp3) is 0.207. The number of nitrogens with zero attached hydrogens (tertiary/aromatic N) is 3. The van der Waals surface area contributed by atoms with Crippen LogP contribution in [0.25, 0.3) is 5.69 Å². The van der Waals surface area contributed by atoms with Gasteiger partial charge in [0.2, 0.25) is 18.6 Å². The molecular weight excluding hydrogens is 516 g/mol. The number of nitrogens with one attached hydrogen (secondary N) is 1. The zero-order chi connectivity index (χ0) is 26.9. The van der Waals surface area contributed by atoms with Crippen LogP contribution in [0.5, 0.6) is 17.2 Å². The summed E-state index contributed by atoms with van der Waals surface area (Å²) in [5.41, 5.74) is 3.58. The van der Waals surface area contributed by atoms with E-state index in [1.807, 2.05) is 66.2 Å². The number of carbonyl (C=O) groups excluding carboxylic acids is 2. The van der Waals surface area contributed by atoms with E-state index >= 15 is 0 Å². The van der Waals surface area contributed by atoms with E-state index < -0.39 is 6.04 Å². The standard InChI is InChI=1S/C29H26N4O5S/c1-18-26-27(28(35)30-15-19-8-6-7-11-22(19)36-2)32(21-12-13-23-24(14-21)38-17-37-23)25(34)16-39-29(26)33(31-18)20-9-4-3-5-10-20/h3-14,27H,15-17H2,1-2H3,(H,30,35)/t27-/m0/s1. The Morgan fingerprint density at radius 1 is 1.05 bits per heavy atom. The lowest BCUT2D eigenvalue weighted by Crippen LogP contribution is -2.44. The van der Waals surface area contributed by atoms with E-state index in [1.54, 1.807) is 30.2 Å². The molecule has 198 valence electrons. The first-order chi connectivity index (χ1) is 19.0. The Bertz CT molecular complexity index is 1550. The molecule has 2 aliphatic rings. The average Bonchev–Trinajstić information content (AvgIpc) is 3.53. The number of aryl methyl sites for hydroxylation is 1. The Morgan fingerprint density at radius 2 is 1.82 bits per heavy atom. The lowest BCUT2D eigenvalue weighted by Gasteiger charge is -2.30. The SMILES string of the molecule is COc1ccccc1CNC(=O)[C@@H]1c2c(C)nn(-c3ccccc3)c2SCC(=O)N1c1ccc2c(c1)OCO2. The van der Waals surface area contributed by atoms with Crippen LogP contribution in [0, 0.1) is 6.92 Å². The number of aromatic nitrogens is 2. The lowest BCUT2D eigenvalue weighted by molar-refractivity contribution is -0.126. The summed E-state index contributed by atoms with van der Waals surface area (Å²) in [7, 11) is 1.59. The molecule has 4 aromatic rings. The molecule has 6 rings (SSSR count). The molecule has 1 aromatic heterocycles. The van der Waals surface area contributed by atoms with Crippen LogP contribution in [0.1, 0.15) is 22.9 Å². The second-order valence-electron chi connectivity index (χ2n) is 9.07. The molecule has 0 radical (unpaired) electrons. The van der Waals surface area contributed by atoms with Gasteiger partial charge in [-0.2, -0.15) is 5.10 Å². The van der Waals surface area contributed by atoms with Crippen molar-refractivity contribution < 1.29 is 23.8 Å². The number of rotatable bonds is 6. The average molecular weight is 543 g/mol. The van der Waals surface area contributed by atoms with Crippen molar-refractivity contribution in [2.45, 2.75) is 24.5 Å².